The summed E-state index contributed by atoms with van der Waals surface area (Å²) in [6, 6.07) is 12.8. The Hall–Kier alpha value is -2.89. The number of rotatable bonds is 8. The van der Waals surface area contributed by atoms with Gasteiger partial charge in [0.05, 0.1) is 5.41 Å². The first-order chi connectivity index (χ1) is 11.9. The maximum Gasteiger partial charge on any atom is 0.309 e. The van der Waals surface area contributed by atoms with Gasteiger partial charge in [-0.1, -0.05) is 30.3 Å². The smallest absolute Gasteiger partial charge is 0.309 e. The molecular formula is C19H22N2O4. The average Bonchev–Trinajstić information content (AvgIpc) is 2.60. The molecule has 2 rings (SSSR count). The third-order valence-corrected chi connectivity index (χ3v) is 3.84. The molecule has 1 heterocycles. The van der Waals surface area contributed by atoms with Crippen molar-refractivity contribution < 1.29 is 19.4 Å². The molecule has 0 atom stereocenters. The zero-order valence-corrected chi connectivity index (χ0v) is 14.4. The summed E-state index contributed by atoms with van der Waals surface area (Å²) >= 11 is 0. The van der Waals surface area contributed by atoms with E-state index in [1.54, 1.807) is 26.0 Å². The van der Waals surface area contributed by atoms with E-state index in [4.69, 9.17) is 9.84 Å². The Kier molecular flexibility index (Phi) is 6.11. The molecule has 0 unspecified atom stereocenters. The molecule has 6 heteroatoms. The Labute approximate surface area is 146 Å². The van der Waals surface area contributed by atoms with E-state index in [0.717, 1.165) is 5.56 Å². The van der Waals surface area contributed by atoms with Crippen LogP contribution in [0, 0.1) is 5.41 Å². The fraction of sp³-hybridized carbons (Fsp3) is 0.316. The van der Waals surface area contributed by atoms with E-state index in [0.29, 0.717) is 24.5 Å². The number of benzene rings is 1. The maximum atomic E-state index is 12.2. The standard InChI is InChI=1S/C19H22N2O4/c1-19(2,18(23)24)9-11-21-17(22)15-8-10-20-16(12-15)25-13-14-6-4-3-5-7-14/h3-8,10,12H,9,11,13H2,1-2H3,(H,21,22)(H,23,24). The Morgan fingerprint density at radius 1 is 1.20 bits per heavy atom. The van der Waals surface area contributed by atoms with Crippen LogP contribution in [0.3, 0.4) is 0 Å². The molecule has 1 amide bonds. The van der Waals surface area contributed by atoms with Gasteiger partial charge in [-0.3, -0.25) is 9.59 Å². The van der Waals surface area contributed by atoms with Crippen LogP contribution < -0.4 is 10.1 Å². The minimum atomic E-state index is -0.887. The third-order valence-electron chi connectivity index (χ3n) is 3.84. The second kappa shape index (κ2) is 8.28. The first-order valence-corrected chi connectivity index (χ1v) is 8.03. The summed E-state index contributed by atoms with van der Waals surface area (Å²) in [4.78, 5) is 27.3. The number of pyridine rings is 1. The van der Waals surface area contributed by atoms with Gasteiger partial charge in [0.15, 0.2) is 0 Å². The molecule has 132 valence electrons. The molecule has 6 nitrogen and oxygen atoms in total. The molecule has 0 radical (unpaired) electrons. The number of aromatic nitrogens is 1. The number of nitrogens with zero attached hydrogens (tertiary/aromatic N) is 1. The van der Waals surface area contributed by atoms with Crippen molar-refractivity contribution in [3.05, 3.63) is 59.8 Å². The highest BCUT2D eigenvalue weighted by Gasteiger charge is 2.26. The average molecular weight is 342 g/mol. The quantitative estimate of drug-likeness (QED) is 0.770. The van der Waals surface area contributed by atoms with Crippen LogP contribution in [-0.2, 0) is 11.4 Å². The van der Waals surface area contributed by atoms with Crippen LogP contribution in [-0.4, -0.2) is 28.5 Å². The molecule has 1 aromatic carbocycles. The lowest BCUT2D eigenvalue weighted by atomic mass is 9.90. The Balaban J connectivity index is 1.89. The van der Waals surface area contributed by atoms with Gasteiger partial charge in [-0.25, -0.2) is 4.98 Å². The van der Waals surface area contributed by atoms with E-state index in [1.807, 2.05) is 30.3 Å². The highest BCUT2D eigenvalue weighted by atomic mass is 16.5. The van der Waals surface area contributed by atoms with Gasteiger partial charge in [0.25, 0.3) is 5.91 Å². The van der Waals surface area contributed by atoms with Gasteiger partial charge in [-0.2, -0.15) is 0 Å². The number of carbonyl (C=O) groups is 2. The Morgan fingerprint density at radius 3 is 2.60 bits per heavy atom. The topological polar surface area (TPSA) is 88.5 Å². The molecule has 1 aromatic heterocycles. The summed E-state index contributed by atoms with van der Waals surface area (Å²) in [5.41, 5.74) is 0.552. The van der Waals surface area contributed by atoms with Gasteiger partial charge in [-0.15, -0.1) is 0 Å². The van der Waals surface area contributed by atoms with Crippen LogP contribution in [0.1, 0.15) is 36.2 Å². The van der Waals surface area contributed by atoms with Gasteiger partial charge in [0.1, 0.15) is 6.61 Å². The third kappa shape index (κ3) is 5.60. The fourth-order valence-electron chi connectivity index (χ4n) is 2.06. The van der Waals surface area contributed by atoms with Crippen LogP contribution in [0.2, 0.25) is 0 Å². The number of nitrogens with one attached hydrogen (secondary N) is 1. The molecule has 0 aliphatic rings. The molecule has 0 aliphatic heterocycles. The lowest BCUT2D eigenvalue weighted by Gasteiger charge is -2.18. The first kappa shape index (κ1) is 18.4. The monoisotopic (exact) mass is 342 g/mol. The molecule has 0 saturated carbocycles. The van der Waals surface area contributed by atoms with Crippen molar-refractivity contribution >= 4 is 11.9 Å². The minimum Gasteiger partial charge on any atom is -0.481 e. The van der Waals surface area contributed by atoms with Crippen molar-refractivity contribution in [1.82, 2.24) is 10.3 Å². The van der Waals surface area contributed by atoms with Crippen LogP contribution in [0.5, 0.6) is 5.88 Å². The van der Waals surface area contributed by atoms with Crippen LogP contribution >= 0.6 is 0 Å². The zero-order valence-electron chi connectivity index (χ0n) is 14.4. The van der Waals surface area contributed by atoms with Crippen molar-refractivity contribution in [3.8, 4) is 5.88 Å². The van der Waals surface area contributed by atoms with Crippen LogP contribution in [0.25, 0.3) is 0 Å². The number of aliphatic carboxylic acids is 1. The lowest BCUT2D eigenvalue weighted by Crippen LogP contribution is -2.31. The number of hydrogen-bond donors (Lipinski definition) is 2. The molecule has 0 aliphatic carbocycles. The fourth-order valence-corrected chi connectivity index (χ4v) is 2.06. The highest BCUT2D eigenvalue weighted by molar-refractivity contribution is 5.94. The van der Waals surface area contributed by atoms with Crippen molar-refractivity contribution in [2.75, 3.05) is 6.54 Å². The van der Waals surface area contributed by atoms with Crippen LogP contribution in [0.15, 0.2) is 48.7 Å². The summed E-state index contributed by atoms with van der Waals surface area (Å²) in [6.45, 7) is 3.90. The molecule has 0 spiro atoms. The summed E-state index contributed by atoms with van der Waals surface area (Å²) in [5, 5.41) is 11.8. The second-order valence-electron chi connectivity index (χ2n) is 6.35. The summed E-state index contributed by atoms with van der Waals surface area (Å²) in [6.07, 6.45) is 1.85. The van der Waals surface area contributed by atoms with E-state index in [1.165, 1.54) is 6.20 Å². The van der Waals surface area contributed by atoms with Crippen molar-refractivity contribution in [2.24, 2.45) is 5.41 Å². The summed E-state index contributed by atoms with van der Waals surface area (Å²) in [5.74, 6) is -0.808. The van der Waals surface area contributed by atoms with E-state index in [-0.39, 0.29) is 12.5 Å². The normalized spacial score (nSPS) is 11.0. The van der Waals surface area contributed by atoms with Gasteiger partial charge >= 0.3 is 5.97 Å². The zero-order chi connectivity index (χ0) is 18.3. The van der Waals surface area contributed by atoms with E-state index in [2.05, 4.69) is 10.3 Å². The lowest BCUT2D eigenvalue weighted by molar-refractivity contribution is -0.147. The molecule has 2 aromatic rings. The number of ether oxygens (including phenoxy) is 1. The van der Waals surface area contributed by atoms with Crippen molar-refractivity contribution in [1.29, 1.82) is 0 Å². The van der Waals surface area contributed by atoms with E-state index >= 15 is 0 Å². The predicted molar refractivity (Wildman–Crippen MR) is 93.4 cm³/mol. The molecule has 0 fully saturated rings. The molecule has 2 N–H and O–H groups in total. The highest BCUT2D eigenvalue weighted by Crippen LogP contribution is 2.19. The summed E-state index contributed by atoms with van der Waals surface area (Å²) in [7, 11) is 0. The van der Waals surface area contributed by atoms with E-state index in [9.17, 15) is 9.59 Å². The number of carboxylic acids is 1. The Morgan fingerprint density at radius 2 is 1.92 bits per heavy atom. The van der Waals surface area contributed by atoms with Gasteiger partial charge < -0.3 is 15.2 Å². The van der Waals surface area contributed by atoms with Gasteiger partial charge in [-0.05, 0) is 31.9 Å². The van der Waals surface area contributed by atoms with Crippen molar-refractivity contribution in [3.63, 3.8) is 0 Å². The number of carboxylic acid groups (broad SMARTS) is 1. The number of hydrogen-bond acceptors (Lipinski definition) is 4. The second-order valence-corrected chi connectivity index (χ2v) is 6.35. The molecule has 0 saturated heterocycles. The molecular weight excluding hydrogens is 320 g/mol. The molecule has 0 bridgehead atoms. The maximum absolute atomic E-state index is 12.2. The number of amides is 1. The predicted octanol–water partition coefficient (Wildman–Crippen LogP) is 2.89. The largest absolute Gasteiger partial charge is 0.481 e. The SMILES string of the molecule is CC(C)(CCNC(=O)c1ccnc(OCc2ccccc2)c1)C(=O)O. The van der Waals surface area contributed by atoms with Gasteiger partial charge in [0.2, 0.25) is 5.88 Å². The summed E-state index contributed by atoms with van der Waals surface area (Å²) < 4.78 is 5.60. The minimum absolute atomic E-state index is 0.278. The first-order valence-electron chi connectivity index (χ1n) is 8.03. The van der Waals surface area contributed by atoms with Gasteiger partial charge in [0, 0.05) is 24.4 Å². The van der Waals surface area contributed by atoms with Crippen molar-refractivity contribution in [2.45, 2.75) is 26.9 Å². The Bertz CT molecular complexity index is 729. The number of carbonyl (C=O) groups excluding carboxylic acids is 1. The molecule has 25 heavy (non-hydrogen) atoms. The van der Waals surface area contributed by atoms with E-state index < -0.39 is 11.4 Å². The van der Waals surface area contributed by atoms with Crippen LogP contribution in [0.4, 0.5) is 0 Å².